The number of carbonyl (C=O) groups excluding carboxylic acids is 2. The van der Waals surface area contributed by atoms with Crippen LogP contribution in [-0.2, 0) is 0 Å². The zero-order valence-electron chi connectivity index (χ0n) is 11.9. The van der Waals surface area contributed by atoms with Gasteiger partial charge in [0, 0.05) is 24.8 Å². The lowest BCUT2D eigenvalue weighted by Gasteiger charge is -2.03. The van der Waals surface area contributed by atoms with Gasteiger partial charge in [0.25, 0.3) is 11.6 Å². The monoisotopic (exact) mass is 324 g/mol. The number of pyridine rings is 2. The summed E-state index contributed by atoms with van der Waals surface area (Å²) in [4.78, 5) is 31.2. The van der Waals surface area contributed by atoms with Crippen molar-refractivity contribution in [2.24, 2.45) is 0 Å². The molecule has 0 amide bonds. The summed E-state index contributed by atoms with van der Waals surface area (Å²) in [5, 5.41) is 14.0. The van der Waals surface area contributed by atoms with Gasteiger partial charge < -0.3 is 9.47 Å². The molecule has 0 aromatic carbocycles. The van der Waals surface area contributed by atoms with Gasteiger partial charge in [-0.15, -0.1) is 20.4 Å². The highest BCUT2D eigenvalue weighted by Crippen LogP contribution is 2.09. The average Bonchev–Trinajstić information content (AvgIpc) is 2.63. The molecule has 0 atom stereocenters. The van der Waals surface area contributed by atoms with Gasteiger partial charge in [0.05, 0.1) is 0 Å². The van der Waals surface area contributed by atoms with Crippen LogP contribution in [0.3, 0.4) is 0 Å². The van der Waals surface area contributed by atoms with Crippen molar-refractivity contribution in [3.8, 4) is 11.5 Å². The summed E-state index contributed by atoms with van der Waals surface area (Å²) in [6, 6.07) is 5.94. The fourth-order valence-electron chi connectivity index (χ4n) is 1.51. The quantitative estimate of drug-likeness (QED) is 0.625. The highest BCUT2D eigenvalue weighted by molar-refractivity contribution is 5.88. The molecule has 10 heteroatoms. The van der Waals surface area contributed by atoms with Gasteiger partial charge in [0.2, 0.25) is 0 Å². The van der Waals surface area contributed by atoms with Crippen molar-refractivity contribution in [1.29, 1.82) is 0 Å². The number of carbonyl (C=O) groups is 2. The van der Waals surface area contributed by atoms with E-state index in [9.17, 15) is 9.59 Å². The van der Waals surface area contributed by atoms with E-state index in [-0.39, 0.29) is 11.5 Å². The smallest absolute Gasteiger partial charge is 0.385 e. The maximum Gasteiger partial charge on any atom is 0.385 e. The second kappa shape index (κ2) is 6.96. The molecule has 10 nitrogen and oxygen atoms in total. The number of ether oxygens (including phenoxy) is 2. The number of hydrogen-bond acceptors (Lipinski definition) is 10. The van der Waals surface area contributed by atoms with Crippen molar-refractivity contribution in [2.75, 3.05) is 0 Å². The zero-order valence-corrected chi connectivity index (χ0v) is 11.9. The van der Waals surface area contributed by atoms with E-state index < -0.39 is 23.6 Å². The Bertz CT molecular complexity index is 770. The summed E-state index contributed by atoms with van der Waals surface area (Å²) >= 11 is 0. The maximum absolute atomic E-state index is 11.8. The molecule has 0 N–H and O–H groups in total. The molecular weight excluding hydrogens is 316 g/mol. The molecule has 3 heterocycles. The summed E-state index contributed by atoms with van der Waals surface area (Å²) in [5.74, 6) is -2.00. The fourth-order valence-corrected chi connectivity index (χ4v) is 1.51. The van der Waals surface area contributed by atoms with E-state index in [1.807, 2.05) is 0 Å². The first-order chi connectivity index (χ1) is 11.7. The molecule has 24 heavy (non-hydrogen) atoms. The van der Waals surface area contributed by atoms with Crippen molar-refractivity contribution in [3.63, 3.8) is 0 Å². The first-order valence-corrected chi connectivity index (χ1v) is 6.54. The average molecular weight is 324 g/mol. The predicted molar refractivity (Wildman–Crippen MR) is 76.0 cm³/mol. The third kappa shape index (κ3) is 3.68. The van der Waals surface area contributed by atoms with Crippen LogP contribution >= 0.6 is 0 Å². The lowest BCUT2D eigenvalue weighted by atomic mass is 10.4. The largest absolute Gasteiger partial charge is 0.420 e. The lowest BCUT2D eigenvalue weighted by molar-refractivity contribution is 0.0693. The van der Waals surface area contributed by atoms with Crippen LogP contribution in [0.1, 0.15) is 21.2 Å². The maximum atomic E-state index is 11.8. The third-order valence-corrected chi connectivity index (χ3v) is 2.56. The number of hydrogen-bond donors (Lipinski definition) is 0. The van der Waals surface area contributed by atoms with Crippen LogP contribution < -0.4 is 9.47 Å². The minimum absolute atomic E-state index is 0.264. The minimum Gasteiger partial charge on any atom is -0.420 e. The molecule has 0 bridgehead atoms. The molecule has 0 saturated carbocycles. The Labute approximate surface area is 134 Å². The van der Waals surface area contributed by atoms with E-state index in [2.05, 4.69) is 30.4 Å². The van der Waals surface area contributed by atoms with Crippen molar-refractivity contribution < 1.29 is 19.1 Å². The Morgan fingerprint density at radius 2 is 0.958 bits per heavy atom. The number of nitrogens with zero attached hydrogens (tertiary/aromatic N) is 6. The van der Waals surface area contributed by atoms with Crippen LogP contribution in [0.5, 0.6) is 11.5 Å². The van der Waals surface area contributed by atoms with Gasteiger partial charge >= 0.3 is 11.9 Å². The summed E-state index contributed by atoms with van der Waals surface area (Å²) in [5.41, 5.74) is 0. The van der Waals surface area contributed by atoms with Gasteiger partial charge in [-0.2, -0.15) is 0 Å². The first kappa shape index (κ1) is 15.1. The van der Waals surface area contributed by atoms with E-state index in [1.165, 1.54) is 49.1 Å². The van der Waals surface area contributed by atoms with Crippen molar-refractivity contribution in [3.05, 3.63) is 60.7 Å². The van der Waals surface area contributed by atoms with E-state index in [0.717, 1.165) is 0 Å². The third-order valence-electron chi connectivity index (χ3n) is 2.56. The molecule has 0 radical (unpaired) electrons. The molecule has 0 aliphatic carbocycles. The molecule has 0 aliphatic heterocycles. The van der Waals surface area contributed by atoms with Crippen LogP contribution in [0.15, 0.2) is 49.1 Å². The number of esters is 2. The Morgan fingerprint density at radius 1 is 0.625 bits per heavy atom. The van der Waals surface area contributed by atoms with Crippen LogP contribution in [-0.4, -0.2) is 42.3 Å². The molecule has 3 rings (SSSR count). The van der Waals surface area contributed by atoms with Crippen molar-refractivity contribution in [1.82, 2.24) is 30.4 Å². The zero-order chi connectivity index (χ0) is 16.8. The highest BCUT2D eigenvalue weighted by atomic mass is 16.5. The van der Waals surface area contributed by atoms with Crippen LogP contribution in [0.25, 0.3) is 0 Å². The van der Waals surface area contributed by atoms with Gasteiger partial charge in [0.1, 0.15) is 11.5 Å². The molecule has 0 aliphatic rings. The van der Waals surface area contributed by atoms with Crippen molar-refractivity contribution >= 4 is 11.9 Å². The van der Waals surface area contributed by atoms with Gasteiger partial charge in [-0.3, -0.25) is 9.97 Å². The highest BCUT2D eigenvalue weighted by Gasteiger charge is 2.18. The van der Waals surface area contributed by atoms with E-state index in [0.29, 0.717) is 0 Å². The SMILES string of the molecule is O=C(Oc1ccncc1)c1nnc(C(=O)Oc2ccncc2)nn1. The van der Waals surface area contributed by atoms with Gasteiger partial charge in [-0.1, -0.05) is 0 Å². The van der Waals surface area contributed by atoms with Crippen LogP contribution in [0.4, 0.5) is 0 Å². The molecule has 0 spiro atoms. The van der Waals surface area contributed by atoms with Gasteiger partial charge in [-0.25, -0.2) is 9.59 Å². The lowest BCUT2D eigenvalue weighted by Crippen LogP contribution is -2.20. The second-order valence-corrected chi connectivity index (χ2v) is 4.19. The summed E-state index contributed by atoms with van der Waals surface area (Å²) in [6.45, 7) is 0. The second-order valence-electron chi connectivity index (χ2n) is 4.19. The normalized spacial score (nSPS) is 10.0. The summed E-state index contributed by atoms with van der Waals surface area (Å²) in [7, 11) is 0. The van der Waals surface area contributed by atoms with Crippen LogP contribution in [0, 0.1) is 0 Å². The summed E-state index contributed by atoms with van der Waals surface area (Å²) in [6.07, 6.45) is 5.83. The minimum atomic E-state index is -0.866. The molecule has 118 valence electrons. The molecule has 0 unspecified atom stereocenters. The topological polar surface area (TPSA) is 130 Å². The molecule has 3 aromatic rings. The van der Waals surface area contributed by atoms with Gasteiger partial charge in [0.15, 0.2) is 0 Å². The number of aromatic nitrogens is 6. The van der Waals surface area contributed by atoms with Crippen LogP contribution in [0.2, 0.25) is 0 Å². The fraction of sp³-hybridized carbons (Fsp3) is 0. The first-order valence-electron chi connectivity index (χ1n) is 6.54. The summed E-state index contributed by atoms with van der Waals surface area (Å²) < 4.78 is 9.98. The molecule has 0 saturated heterocycles. The standard InChI is InChI=1S/C14H8N6O4/c21-13(23-9-1-5-15-6-2-9)11-17-19-12(20-18-11)14(22)24-10-3-7-16-8-4-10/h1-8H. The van der Waals surface area contributed by atoms with E-state index in [1.54, 1.807) is 0 Å². The van der Waals surface area contributed by atoms with Gasteiger partial charge in [-0.05, 0) is 24.3 Å². The molecular formula is C14H8N6O4. The Morgan fingerprint density at radius 3 is 1.29 bits per heavy atom. The Hall–Kier alpha value is -3.82. The Balaban J connectivity index is 1.66. The number of rotatable bonds is 4. The molecule has 3 aromatic heterocycles. The predicted octanol–water partition coefficient (Wildman–Crippen LogP) is 0.495. The van der Waals surface area contributed by atoms with E-state index in [4.69, 9.17) is 9.47 Å². The van der Waals surface area contributed by atoms with Crippen molar-refractivity contribution in [2.45, 2.75) is 0 Å². The Kier molecular flexibility index (Phi) is 4.38. The van der Waals surface area contributed by atoms with E-state index >= 15 is 0 Å². The molecule has 0 fully saturated rings.